The maximum atomic E-state index is 11.9. The molecule has 0 spiro atoms. The standard InChI is InChI=1S/C16H24N2O2/c19-13-15(12-14-6-2-1-3-7-14)17-16(20)8-11-18-9-4-5-10-18/h1-3,6-7,15,19H,4-5,8-13H2,(H,17,20)/t15-/m1/s1. The van der Waals surface area contributed by atoms with E-state index >= 15 is 0 Å². The molecule has 0 bridgehead atoms. The molecule has 1 amide bonds. The van der Waals surface area contributed by atoms with Gasteiger partial charge in [0.05, 0.1) is 12.6 Å². The third kappa shape index (κ3) is 4.94. The molecule has 1 aliphatic heterocycles. The minimum atomic E-state index is -0.191. The molecule has 1 aromatic rings. The molecule has 4 heteroatoms. The third-order valence-electron chi connectivity index (χ3n) is 3.76. The summed E-state index contributed by atoms with van der Waals surface area (Å²) in [4.78, 5) is 14.2. The van der Waals surface area contributed by atoms with Crippen LogP contribution in [-0.4, -0.2) is 48.2 Å². The van der Waals surface area contributed by atoms with Gasteiger partial charge in [0.1, 0.15) is 0 Å². The first-order valence-electron chi connectivity index (χ1n) is 7.44. The second-order valence-corrected chi connectivity index (χ2v) is 5.44. The van der Waals surface area contributed by atoms with Gasteiger partial charge in [-0.05, 0) is 37.9 Å². The van der Waals surface area contributed by atoms with Crippen LogP contribution >= 0.6 is 0 Å². The fraction of sp³-hybridized carbons (Fsp3) is 0.562. The molecular formula is C16H24N2O2. The average Bonchev–Trinajstić information content (AvgIpc) is 2.99. The summed E-state index contributed by atoms with van der Waals surface area (Å²) in [5.41, 5.74) is 1.13. The van der Waals surface area contributed by atoms with E-state index < -0.39 is 0 Å². The van der Waals surface area contributed by atoms with Gasteiger partial charge in [0.2, 0.25) is 5.91 Å². The minimum absolute atomic E-state index is 0.0235. The molecule has 1 fully saturated rings. The van der Waals surface area contributed by atoms with Crippen molar-refractivity contribution < 1.29 is 9.90 Å². The molecule has 0 aromatic heterocycles. The van der Waals surface area contributed by atoms with Gasteiger partial charge < -0.3 is 15.3 Å². The van der Waals surface area contributed by atoms with Crippen LogP contribution in [0.4, 0.5) is 0 Å². The number of benzene rings is 1. The Morgan fingerprint density at radius 3 is 2.60 bits per heavy atom. The Morgan fingerprint density at radius 1 is 1.25 bits per heavy atom. The SMILES string of the molecule is O=C(CCN1CCCC1)N[C@@H](CO)Cc1ccccc1. The van der Waals surface area contributed by atoms with Crippen molar-refractivity contribution in [3.8, 4) is 0 Å². The van der Waals surface area contributed by atoms with Crippen LogP contribution in [0.25, 0.3) is 0 Å². The summed E-state index contributed by atoms with van der Waals surface area (Å²) in [5, 5.41) is 12.3. The number of nitrogens with zero attached hydrogens (tertiary/aromatic N) is 1. The van der Waals surface area contributed by atoms with Crippen LogP contribution in [0.1, 0.15) is 24.8 Å². The normalized spacial score (nSPS) is 17.1. The van der Waals surface area contributed by atoms with E-state index in [9.17, 15) is 9.90 Å². The summed E-state index contributed by atoms with van der Waals surface area (Å²) in [6.07, 6.45) is 3.68. The number of nitrogens with one attached hydrogen (secondary N) is 1. The van der Waals surface area contributed by atoms with E-state index in [0.717, 1.165) is 25.2 Å². The highest BCUT2D eigenvalue weighted by Gasteiger charge is 2.15. The van der Waals surface area contributed by atoms with Gasteiger partial charge in [-0.1, -0.05) is 30.3 Å². The third-order valence-corrected chi connectivity index (χ3v) is 3.76. The Morgan fingerprint density at radius 2 is 1.95 bits per heavy atom. The molecule has 0 saturated carbocycles. The molecule has 0 unspecified atom stereocenters. The van der Waals surface area contributed by atoms with Crippen LogP contribution in [0.2, 0.25) is 0 Å². The van der Waals surface area contributed by atoms with Gasteiger partial charge >= 0.3 is 0 Å². The summed E-state index contributed by atoms with van der Waals surface area (Å²) in [5.74, 6) is 0.0341. The van der Waals surface area contributed by atoms with E-state index in [1.54, 1.807) is 0 Å². The van der Waals surface area contributed by atoms with Crippen molar-refractivity contribution in [3.05, 3.63) is 35.9 Å². The van der Waals surface area contributed by atoms with Crippen molar-refractivity contribution >= 4 is 5.91 Å². The van der Waals surface area contributed by atoms with Crippen LogP contribution in [0.15, 0.2) is 30.3 Å². The second kappa shape index (κ2) is 8.02. The van der Waals surface area contributed by atoms with Crippen LogP contribution in [0, 0.1) is 0 Å². The summed E-state index contributed by atoms with van der Waals surface area (Å²) in [6, 6.07) is 9.74. The maximum absolute atomic E-state index is 11.9. The highest BCUT2D eigenvalue weighted by Crippen LogP contribution is 2.07. The number of carbonyl (C=O) groups excluding carboxylic acids is 1. The molecule has 1 aromatic carbocycles. The van der Waals surface area contributed by atoms with Crippen LogP contribution in [0.3, 0.4) is 0 Å². The first-order chi connectivity index (χ1) is 9.78. The molecule has 2 rings (SSSR count). The number of amides is 1. The Bertz CT molecular complexity index is 402. The van der Waals surface area contributed by atoms with Gasteiger partial charge in [-0.25, -0.2) is 0 Å². The molecule has 2 N–H and O–H groups in total. The van der Waals surface area contributed by atoms with E-state index in [4.69, 9.17) is 0 Å². The second-order valence-electron chi connectivity index (χ2n) is 5.44. The first-order valence-corrected chi connectivity index (χ1v) is 7.44. The van der Waals surface area contributed by atoms with E-state index in [-0.39, 0.29) is 18.6 Å². The van der Waals surface area contributed by atoms with Gasteiger partial charge in [-0.15, -0.1) is 0 Å². The Balaban J connectivity index is 1.72. The maximum Gasteiger partial charge on any atom is 0.221 e. The minimum Gasteiger partial charge on any atom is -0.394 e. The summed E-state index contributed by atoms with van der Waals surface area (Å²) < 4.78 is 0. The number of likely N-dealkylation sites (tertiary alicyclic amines) is 1. The number of rotatable bonds is 7. The highest BCUT2D eigenvalue weighted by atomic mass is 16.3. The van der Waals surface area contributed by atoms with E-state index in [0.29, 0.717) is 12.8 Å². The fourth-order valence-corrected chi connectivity index (χ4v) is 2.63. The smallest absolute Gasteiger partial charge is 0.221 e. The van der Waals surface area contributed by atoms with E-state index in [2.05, 4.69) is 10.2 Å². The lowest BCUT2D eigenvalue weighted by Gasteiger charge is -2.18. The summed E-state index contributed by atoms with van der Waals surface area (Å²) in [7, 11) is 0. The lowest BCUT2D eigenvalue weighted by atomic mass is 10.1. The van der Waals surface area contributed by atoms with Crippen molar-refractivity contribution in [2.45, 2.75) is 31.7 Å². The predicted octanol–water partition coefficient (Wildman–Crippen LogP) is 1.19. The van der Waals surface area contributed by atoms with Crippen molar-refractivity contribution in [1.82, 2.24) is 10.2 Å². The lowest BCUT2D eigenvalue weighted by Crippen LogP contribution is -2.40. The first kappa shape index (κ1) is 15.0. The van der Waals surface area contributed by atoms with Gasteiger partial charge in [-0.2, -0.15) is 0 Å². The Labute approximate surface area is 120 Å². The number of aliphatic hydroxyl groups excluding tert-OH is 1. The largest absolute Gasteiger partial charge is 0.394 e. The molecule has 20 heavy (non-hydrogen) atoms. The van der Waals surface area contributed by atoms with E-state index in [1.807, 2.05) is 30.3 Å². The Kier molecular flexibility index (Phi) is 6.02. The zero-order valence-electron chi connectivity index (χ0n) is 11.9. The monoisotopic (exact) mass is 276 g/mol. The predicted molar refractivity (Wildman–Crippen MR) is 79.5 cm³/mol. The fourth-order valence-electron chi connectivity index (χ4n) is 2.63. The van der Waals surface area contributed by atoms with Crippen molar-refractivity contribution in [2.75, 3.05) is 26.2 Å². The topological polar surface area (TPSA) is 52.6 Å². The van der Waals surface area contributed by atoms with Crippen LogP contribution in [0.5, 0.6) is 0 Å². The molecule has 1 saturated heterocycles. The number of carbonyl (C=O) groups is 1. The molecule has 1 atom stereocenters. The van der Waals surface area contributed by atoms with Gasteiger partial charge in [0.15, 0.2) is 0 Å². The highest BCUT2D eigenvalue weighted by molar-refractivity contribution is 5.76. The number of aliphatic hydroxyl groups is 1. The molecule has 0 aliphatic carbocycles. The van der Waals surface area contributed by atoms with E-state index in [1.165, 1.54) is 12.8 Å². The van der Waals surface area contributed by atoms with Gasteiger partial charge in [-0.3, -0.25) is 4.79 Å². The molecule has 4 nitrogen and oxygen atoms in total. The number of hydrogen-bond acceptors (Lipinski definition) is 3. The zero-order chi connectivity index (χ0) is 14.2. The van der Waals surface area contributed by atoms with Crippen molar-refractivity contribution in [3.63, 3.8) is 0 Å². The molecule has 110 valence electrons. The quantitative estimate of drug-likeness (QED) is 0.786. The average molecular weight is 276 g/mol. The van der Waals surface area contributed by atoms with Gasteiger partial charge in [0, 0.05) is 13.0 Å². The van der Waals surface area contributed by atoms with Crippen LogP contribution < -0.4 is 5.32 Å². The molecular weight excluding hydrogens is 252 g/mol. The molecule has 1 heterocycles. The van der Waals surface area contributed by atoms with Crippen LogP contribution in [-0.2, 0) is 11.2 Å². The van der Waals surface area contributed by atoms with Crippen molar-refractivity contribution in [1.29, 1.82) is 0 Å². The Hall–Kier alpha value is -1.39. The summed E-state index contributed by atoms with van der Waals surface area (Å²) in [6.45, 7) is 3.03. The molecule has 1 aliphatic rings. The molecule has 0 radical (unpaired) electrons. The summed E-state index contributed by atoms with van der Waals surface area (Å²) >= 11 is 0. The van der Waals surface area contributed by atoms with Gasteiger partial charge in [0.25, 0.3) is 0 Å². The number of hydrogen-bond donors (Lipinski definition) is 2. The zero-order valence-corrected chi connectivity index (χ0v) is 11.9. The van der Waals surface area contributed by atoms with Crippen molar-refractivity contribution in [2.24, 2.45) is 0 Å². The lowest BCUT2D eigenvalue weighted by molar-refractivity contribution is -0.122.